The highest BCUT2D eigenvalue weighted by Gasteiger charge is 2.21. The van der Waals surface area contributed by atoms with Crippen LogP contribution in [0, 0.1) is 0 Å². The molecular formula is C18H28N2O. The molecule has 21 heavy (non-hydrogen) atoms. The highest BCUT2D eigenvalue weighted by molar-refractivity contribution is 5.59. The first-order valence-corrected chi connectivity index (χ1v) is 8.42. The van der Waals surface area contributed by atoms with E-state index in [-0.39, 0.29) is 0 Å². The van der Waals surface area contributed by atoms with Gasteiger partial charge >= 0.3 is 0 Å². The van der Waals surface area contributed by atoms with Crippen molar-refractivity contribution >= 4 is 5.69 Å². The molecule has 2 aliphatic rings. The first-order valence-electron chi connectivity index (χ1n) is 8.42. The van der Waals surface area contributed by atoms with Gasteiger partial charge in [-0.1, -0.05) is 12.1 Å². The monoisotopic (exact) mass is 288 g/mol. The molecule has 0 aliphatic carbocycles. The summed E-state index contributed by atoms with van der Waals surface area (Å²) in [6.45, 7) is 11.0. The normalized spacial score (nSPS) is 19.3. The van der Waals surface area contributed by atoms with Crippen molar-refractivity contribution in [2.24, 2.45) is 0 Å². The Morgan fingerprint density at radius 1 is 1.14 bits per heavy atom. The van der Waals surface area contributed by atoms with E-state index < -0.39 is 0 Å². The van der Waals surface area contributed by atoms with Crippen molar-refractivity contribution in [3.05, 3.63) is 29.3 Å². The van der Waals surface area contributed by atoms with E-state index in [0.29, 0.717) is 6.04 Å². The fourth-order valence-electron chi connectivity index (χ4n) is 3.50. The van der Waals surface area contributed by atoms with Crippen molar-refractivity contribution in [1.29, 1.82) is 0 Å². The lowest BCUT2D eigenvalue weighted by Gasteiger charge is -2.26. The summed E-state index contributed by atoms with van der Waals surface area (Å²) in [5.41, 5.74) is 4.52. The van der Waals surface area contributed by atoms with Gasteiger partial charge < -0.3 is 9.64 Å². The predicted molar refractivity (Wildman–Crippen MR) is 88.2 cm³/mol. The molecule has 3 rings (SSSR count). The maximum Gasteiger partial charge on any atom is 0.0594 e. The van der Waals surface area contributed by atoms with Gasteiger partial charge in [-0.2, -0.15) is 0 Å². The minimum Gasteiger partial charge on any atom is -0.379 e. The summed E-state index contributed by atoms with van der Waals surface area (Å²) in [5.74, 6) is 0. The molecule has 1 aromatic carbocycles. The highest BCUT2D eigenvalue weighted by Crippen LogP contribution is 2.30. The van der Waals surface area contributed by atoms with Gasteiger partial charge in [0.25, 0.3) is 0 Å². The van der Waals surface area contributed by atoms with E-state index in [1.807, 2.05) is 0 Å². The van der Waals surface area contributed by atoms with Gasteiger partial charge in [-0.05, 0) is 56.8 Å². The zero-order valence-corrected chi connectivity index (χ0v) is 13.5. The van der Waals surface area contributed by atoms with Gasteiger partial charge in [0.15, 0.2) is 0 Å². The molecule has 0 N–H and O–H groups in total. The topological polar surface area (TPSA) is 15.7 Å². The molecule has 1 aromatic rings. The molecule has 3 heteroatoms. The molecular weight excluding hydrogens is 260 g/mol. The molecule has 1 fully saturated rings. The predicted octanol–water partition coefficient (Wildman–Crippen LogP) is 2.72. The molecule has 0 radical (unpaired) electrons. The summed E-state index contributed by atoms with van der Waals surface area (Å²) in [6, 6.07) is 7.72. The van der Waals surface area contributed by atoms with Crippen molar-refractivity contribution in [3.63, 3.8) is 0 Å². The van der Waals surface area contributed by atoms with Crippen molar-refractivity contribution in [2.45, 2.75) is 39.2 Å². The third-order valence-corrected chi connectivity index (χ3v) is 4.74. The van der Waals surface area contributed by atoms with Crippen LogP contribution in [0.1, 0.15) is 31.4 Å². The molecule has 0 aromatic heterocycles. The van der Waals surface area contributed by atoms with Gasteiger partial charge in [-0.3, -0.25) is 4.90 Å². The summed E-state index contributed by atoms with van der Waals surface area (Å²) in [5, 5.41) is 0. The number of aryl methyl sites for hydroxylation is 1. The number of hydrogen-bond acceptors (Lipinski definition) is 3. The second-order valence-corrected chi connectivity index (χ2v) is 6.56. The van der Waals surface area contributed by atoms with E-state index >= 15 is 0 Å². The van der Waals surface area contributed by atoms with Crippen LogP contribution in [0.15, 0.2) is 18.2 Å². The largest absolute Gasteiger partial charge is 0.379 e. The zero-order valence-electron chi connectivity index (χ0n) is 13.5. The number of fused-ring (bicyclic) bond motifs is 1. The van der Waals surface area contributed by atoms with Crippen LogP contribution in [0.2, 0.25) is 0 Å². The van der Waals surface area contributed by atoms with E-state index in [1.54, 1.807) is 5.56 Å². The maximum absolute atomic E-state index is 5.40. The van der Waals surface area contributed by atoms with Gasteiger partial charge in [-0.15, -0.1) is 0 Å². The molecule has 2 heterocycles. The number of benzene rings is 1. The van der Waals surface area contributed by atoms with Crippen molar-refractivity contribution in [1.82, 2.24) is 4.90 Å². The van der Waals surface area contributed by atoms with Gasteiger partial charge in [0.1, 0.15) is 0 Å². The van der Waals surface area contributed by atoms with E-state index in [9.17, 15) is 0 Å². The van der Waals surface area contributed by atoms with E-state index in [4.69, 9.17) is 4.74 Å². The number of hydrogen-bond donors (Lipinski definition) is 0. The fraction of sp³-hybridized carbons (Fsp3) is 0.667. The standard InChI is InChI=1S/C18H28N2O/c1-15(2)20-9-7-17-14-16(5-6-18(17)20)4-3-8-19-10-12-21-13-11-19/h5-6,14-15H,3-4,7-13H2,1-2H3. The molecule has 0 atom stereocenters. The molecule has 1 saturated heterocycles. The van der Waals surface area contributed by atoms with Crippen LogP contribution in [-0.4, -0.2) is 50.3 Å². The fourth-order valence-corrected chi connectivity index (χ4v) is 3.50. The Labute approximate surface area is 128 Å². The summed E-state index contributed by atoms with van der Waals surface area (Å²) in [6.07, 6.45) is 3.67. The first-order chi connectivity index (χ1) is 10.2. The summed E-state index contributed by atoms with van der Waals surface area (Å²) in [4.78, 5) is 5.05. The van der Waals surface area contributed by atoms with Crippen LogP contribution in [0.3, 0.4) is 0 Å². The maximum atomic E-state index is 5.40. The van der Waals surface area contributed by atoms with Gasteiger partial charge in [-0.25, -0.2) is 0 Å². The van der Waals surface area contributed by atoms with Crippen molar-refractivity contribution < 1.29 is 4.74 Å². The second kappa shape index (κ2) is 6.80. The quantitative estimate of drug-likeness (QED) is 0.828. The Morgan fingerprint density at radius 3 is 2.71 bits per heavy atom. The lowest BCUT2D eigenvalue weighted by atomic mass is 10.0. The van der Waals surface area contributed by atoms with Crippen molar-refractivity contribution in [3.8, 4) is 0 Å². The van der Waals surface area contributed by atoms with Crippen LogP contribution in [0.25, 0.3) is 0 Å². The molecule has 2 aliphatic heterocycles. The molecule has 116 valence electrons. The van der Waals surface area contributed by atoms with Crippen LogP contribution in [0.5, 0.6) is 0 Å². The van der Waals surface area contributed by atoms with E-state index in [1.165, 1.54) is 43.6 Å². The lowest BCUT2D eigenvalue weighted by Crippen LogP contribution is -2.36. The molecule has 0 bridgehead atoms. The lowest BCUT2D eigenvalue weighted by molar-refractivity contribution is 0.0375. The molecule has 0 amide bonds. The molecule has 3 nitrogen and oxygen atoms in total. The third-order valence-electron chi connectivity index (χ3n) is 4.74. The SMILES string of the molecule is CC(C)N1CCc2cc(CCCN3CCOCC3)ccc21. The van der Waals surface area contributed by atoms with Gasteiger partial charge in [0.05, 0.1) is 13.2 Å². The van der Waals surface area contributed by atoms with E-state index in [2.05, 4.69) is 41.8 Å². The summed E-state index contributed by atoms with van der Waals surface area (Å²) < 4.78 is 5.40. The second-order valence-electron chi connectivity index (χ2n) is 6.56. The average Bonchev–Trinajstić information content (AvgIpc) is 2.91. The van der Waals surface area contributed by atoms with Crippen LogP contribution >= 0.6 is 0 Å². The zero-order chi connectivity index (χ0) is 14.7. The van der Waals surface area contributed by atoms with Gasteiger partial charge in [0, 0.05) is 31.4 Å². The number of anilines is 1. The number of rotatable bonds is 5. The van der Waals surface area contributed by atoms with Gasteiger partial charge in [0.2, 0.25) is 0 Å². The molecule has 0 saturated carbocycles. The van der Waals surface area contributed by atoms with Crippen LogP contribution < -0.4 is 4.90 Å². The number of ether oxygens (including phenoxy) is 1. The minimum absolute atomic E-state index is 0.610. The highest BCUT2D eigenvalue weighted by atomic mass is 16.5. The Balaban J connectivity index is 1.53. The first kappa shape index (κ1) is 14.9. The average molecular weight is 288 g/mol. The Hall–Kier alpha value is -1.06. The molecule has 0 spiro atoms. The Morgan fingerprint density at radius 2 is 1.95 bits per heavy atom. The van der Waals surface area contributed by atoms with Crippen LogP contribution in [-0.2, 0) is 17.6 Å². The number of morpholine rings is 1. The van der Waals surface area contributed by atoms with Crippen LogP contribution in [0.4, 0.5) is 5.69 Å². The Kier molecular flexibility index (Phi) is 4.81. The van der Waals surface area contributed by atoms with Crippen molar-refractivity contribution in [2.75, 3.05) is 44.3 Å². The summed E-state index contributed by atoms with van der Waals surface area (Å²) >= 11 is 0. The minimum atomic E-state index is 0.610. The smallest absolute Gasteiger partial charge is 0.0594 e. The Bertz CT molecular complexity index is 466. The molecule has 0 unspecified atom stereocenters. The van der Waals surface area contributed by atoms with E-state index in [0.717, 1.165) is 26.3 Å². The number of nitrogens with zero attached hydrogens (tertiary/aromatic N) is 2. The third kappa shape index (κ3) is 3.58. The summed E-state index contributed by atoms with van der Waals surface area (Å²) in [7, 11) is 0.